The minimum absolute atomic E-state index is 0.223. The quantitative estimate of drug-likeness (QED) is 0.520. The van der Waals surface area contributed by atoms with Gasteiger partial charge in [-0.25, -0.2) is 10.2 Å². The standard InChI is InChI=1S/C9H14N2O2S2/c1-7(4-5-12)14-15-9-3-2-8(11-13)6-10-9/h2-3,6-7,11-13H,4-5H2,1H3/p+1. The van der Waals surface area contributed by atoms with Crippen molar-refractivity contribution in [3.05, 3.63) is 18.3 Å². The van der Waals surface area contributed by atoms with Crippen molar-refractivity contribution in [2.45, 2.75) is 23.6 Å². The van der Waals surface area contributed by atoms with E-state index in [4.69, 9.17) is 10.3 Å². The zero-order valence-electron chi connectivity index (χ0n) is 8.46. The summed E-state index contributed by atoms with van der Waals surface area (Å²) in [6, 6.07) is 3.68. The summed E-state index contributed by atoms with van der Waals surface area (Å²) >= 11 is 0. The summed E-state index contributed by atoms with van der Waals surface area (Å²) in [4.78, 5) is 4.17. The summed E-state index contributed by atoms with van der Waals surface area (Å²) in [5.41, 5.74) is 1.73. The van der Waals surface area contributed by atoms with Crippen LogP contribution in [0, 0.1) is 0 Å². The molecule has 0 aromatic carbocycles. The Kier molecular flexibility index (Phi) is 6.04. The second kappa shape index (κ2) is 7.08. The lowest BCUT2D eigenvalue weighted by molar-refractivity contribution is -0.825. The van der Waals surface area contributed by atoms with Crippen molar-refractivity contribution in [2.24, 2.45) is 0 Å². The molecule has 84 valence electrons. The second-order valence-corrected chi connectivity index (χ2v) is 5.72. The first-order valence-corrected chi connectivity index (χ1v) is 6.85. The summed E-state index contributed by atoms with van der Waals surface area (Å²) in [6.45, 7) is 2.30. The van der Waals surface area contributed by atoms with E-state index in [0.717, 1.165) is 16.9 Å². The molecule has 4 nitrogen and oxygen atoms in total. The molecule has 0 bridgehead atoms. The van der Waals surface area contributed by atoms with Crippen molar-refractivity contribution >= 4 is 27.3 Å². The maximum absolute atomic E-state index is 8.73. The van der Waals surface area contributed by atoms with Crippen LogP contribution in [0.4, 0.5) is 5.69 Å². The van der Waals surface area contributed by atoms with Crippen molar-refractivity contribution in [1.82, 2.24) is 4.98 Å². The zero-order chi connectivity index (χ0) is 11.1. The first kappa shape index (κ1) is 12.8. The minimum Gasteiger partial charge on any atom is -0.396 e. The predicted molar refractivity (Wildman–Crippen MR) is 62.2 cm³/mol. The molecule has 0 aliphatic carbocycles. The number of quaternary nitrogens is 1. The van der Waals surface area contributed by atoms with E-state index in [1.165, 1.54) is 0 Å². The van der Waals surface area contributed by atoms with Gasteiger partial charge in [-0.2, -0.15) is 5.48 Å². The fourth-order valence-corrected chi connectivity index (χ4v) is 2.94. The summed E-state index contributed by atoms with van der Waals surface area (Å²) in [6.07, 6.45) is 2.42. The Morgan fingerprint density at radius 1 is 1.53 bits per heavy atom. The zero-order valence-corrected chi connectivity index (χ0v) is 10.1. The van der Waals surface area contributed by atoms with Gasteiger partial charge in [0.2, 0.25) is 0 Å². The van der Waals surface area contributed by atoms with Gasteiger partial charge >= 0.3 is 0 Å². The van der Waals surface area contributed by atoms with Gasteiger partial charge in [0.1, 0.15) is 5.03 Å². The summed E-state index contributed by atoms with van der Waals surface area (Å²) < 4.78 is 0. The van der Waals surface area contributed by atoms with Crippen molar-refractivity contribution in [3.63, 3.8) is 0 Å². The topological polar surface area (TPSA) is 70.0 Å². The molecule has 1 rings (SSSR count). The first-order valence-electron chi connectivity index (χ1n) is 4.64. The third-order valence-corrected chi connectivity index (χ3v) is 4.60. The van der Waals surface area contributed by atoms with E-state index < -0.39 is 0 Å². The van der Waals surface area contributed by atoms with E-state index in [2.05, 4.69) is 11.9 Å². The number of aromatic nitrogens is 1. The minimum atomic E-state index is 0.223. The molecular weight excluding hydrogens is 232 g/mol. The predicted octanol–water partition coefficient (Wildman–Crippen LogP) is 1.18. The fourth-order valence-electron chi connectivity index (χ4n) is 0.879. The second-order valence-electron chi connectivity index (χ2n) is 3.06. The van der Waals surface area contributed by atoms with Crippen LogP contribution < -0.4 is 5.48 Å². The van der Waals surface area contributed by atoms with Crippen LogP contribution in [0.3, 0.4) is 0 Å². The first-order chi connectivity index (χ1) is 7.26. The molecule has 1 aromatic heterocycles. The largest absolute Gasteiger partial charge is 0.396 e. The fraction of sp³-hybridized carbons (Fsp3) is 0.444. The summed E-state index contributed by atoms with van der Waals surface area (Å²) in [5, 5.41) is 18.8. The number of aliphatic hydroxyl groups is 1. The van der Waals surface area contributed by atoms with Crippen molar-refractivity contribution in [2.75, 3.05) is 6.61 Å². The summed E-state index contributed by atoms with van der Waals surface area (Å²) in [7, 11) is 3.28. The SMILES string of the molecule is CC(CCO)SSc1ccc([NH2+]O)cn1. The monoisotopic (exact) mass is 247 g/mol. The van der Waals surface area contributed by atoms with E-state index in [-0.39, 0.29) is 6.61 Å². The molecule has 0 saturated heterocycles. The van der Waals surface area contributed by atoms with Crippen LogP contribution in [-0.4, -0.2) is 27.2 Å². The Hall–Kier alpha value is -0.270. The highest BCUT2D eigenvalue weighted by Gasteiger charge is 2.04. The van der Waals surface area contributed by atoms with Crippen molar-refractivity contribution in [3.8, 4) is 0 Å². The Labute approximate surface area is 96.8 Å². The lowest BCUT2D eigenvalue weighted by Crippen LogP contribution is -2.73. The Morgan fingerprint density at radius 3 is 2.87 bits per heavy atom. The van der Waals surface area contributed by atoms with Crippen LogP contribution in [-0.2, 0) is 0 Å². The van der Waals surface area contributed by atoms with Gasteiger partial charge in [-0.3, -0.25) is 0 Å². The molecule has 0 aliphatic heterocycles. The molecule has 4 N–H and O–H groups in total. The third kappa shape index (κ3) is 4.85. The van der Waals surface area contributed by atoms with Gasteiger partial charge in [0.15, 0.2) is 5.69 Å². The Balaban J connectivity index is 2.37. The molecule has 1 aromatic rings. The number of hydrogen-bond donors (Lipinski definition) is 3. The molecule has 1 heterocycles. The summed E-state index contributed by atoms with van der Waals surface area (Å²) in [5.74, 6) is 0. The van der Waals surface area contributed by atoms with E-state index in [1.807, 2.05) is 12.1 Å². The van der Waals surface area contributed by atoms with E-state index in [0.29, 0.717) is 10.9 Å². The number of pyridine rings is 1. The maximum atomic E-state index is 8.73. The van der Waals surface area contributed by atoms with Crippen LogP contribution in [0.5, 0.6) is 0 Å². The average molecular weight is 247 g/mol. The lowest BCUT2D eigenvalue weighted by Gasteiger charge is -2.07. The van der Waals surface area contributed by atoms with Gasteiger partial charge in [-0.1, -0.05) is 17.7 Å². The Bertz CT molecular complexity index is 282. The molecule has 0 aliphatic rings. The molecule has 0 spiro atoms. The van der Waals surface area contributed by atoms with Crippen molar-refractivity contribution < 1.29 is 15.8 Å². The van der Waals surface area contributed by atoms with Crippen LogP contribution in [0.1, 0.15) is 13.3 Å². The molecular formula is C9H15N2O2S2+. The molecule has 0 radical (unpaired) electrons. The normalized spacial score (nSPS) is 12.7. The third-order valence-electron chi connectivity index (χ3n) is 1.74. The molecule has 15 heavy (non-hydrogen) atoms. The lowest BCUT2D eigenvalue weighted by atomic mass is 10.4. The van der Waals surface area contributed by atoms with Crippen LogP contribution >= 0.6 is 21.6 Å². The highest BCUT2D eigenvalue weighted by molar-refractivity contribution is 8.76. The van der Waals surface area contributed by atoms with Crippen LogP contribution in [0.15, 0.2) is 23.4 Å². The molecule has 1 unspecified atom stereocenters. The van der Waals surface area contributed by atoms with E-state index in [9.17, 15) is 0 Å². The molecule has 0 amide bonds. The van der Waals surface area contributed by atoms with Gasteiger partial charge in [-0.15, -0.1) is 0 Å². The number of hydrogen-bond acceptors (Lipinski definition) is 5. The van der Waals surface area contributed by atoms with E-state index in [1.54, 1.807) is 27.8 Å². The number of rotatable bonds is 6. The van der Waals surface area contributed by atoms with Gasteiger partial charge in [-0.05, 0) is 23.3 Å². The highest BCUT2D eigenvalue weighted by Crippen LogP contribution is 2.34. The van der Waals surface area contributed by atoms with E-state index >= 15 is 0 Å². The Morgan fingerprint density at radius 2 is 2.33 bits per heavy atom. The number of nitrogens with two attached hydrogens (primary N) is 1. The smallest absolute Gasteiger partial charge is 0.180 e. The highest BCUT2D eigenvalue weighted by atomic mass is 33.1. The average Bonchev–Trinajstić information content (AvgIpc) is 2.27. The molecule has 0 saturated carbocycles. The van der Waals surface area contributed by atoms with Gasteiger partial charge in [0.05, 0.1) is 6.20 Å². The molecule has 1 atom stereocenters. The van der Waals surface area contributed by atoms with Gasteiger partial charge < -0.3 is 5.11 Å². The number of aliphatic hydroxyl groups excluding tert-OH is 1. The molecule has 0 fully saturated rings. The van der Waals surface area contributed by atoms with Crippen molar-refractivity contribution in [1.29, 1.82) is 0 Å². The maximum Gasteiger partial charge on any atom is 0.180 e. The van der Waals surface area contributed by atoms with Gasteiger partial charge in [0, 0.05) is 17.9 Å². The van der Waals surface area contributed by atoms with Crippen LogP contribution in [0.25, 0.3) is 0 Å². The van der Waals surface area contributed by atoms with Gasteiger partial charge in [0.25, 0.3) is 0 Å². The molecule has 6 heteroatoms. The van der Waals surface area contributed by atoms with Crippen LogP contribution in [0.2, 0.25) is 0 Å². The number of nitrogens with zero attached hydrogens (tertiary/aromatic N) is 1.